The van der Waals surface area contributed by atoms with Crippen molar-refractivity contribution in [3.05, 3.63) is 64.7 Å². The zero-order valence-corrected chi connectivity index (χ0v) is 11.5. The first kappa shape index (κ1) is 13.9. The number of rotatable bonds is 5. The largest absolute Gasteiger partial charge is 0.495 e. The molecular formula is C15H17ClN2O. The highest BCUT2D eigenvalue weighted by atomic mass is 35.5. The lowest BCUT2D eigenvalue weighted by atomic mass is 9.99. The third-order valence-corrected chi connectivity index (χ3v) is 3.37. The first-order valence-electron chi connectivity index (χ1n) is 6.08. The number of nitrogens with two attached hydrogens (primary N) is 1. The maximum Gasteiger partial charge on any atom is 0.137 e. The van der Waals surface area contributed by atoms with Crippen molar-refractivity contribution in [2.75, 3.05) is 7.11 Å². The zero-order chi connectivity index (χ0) is 13.7. The molecule has 0 bridgehead atoms. The first-order chi connectivity index (χ1) is 9.24. The van der Waals surface area contributed by atoms with Crippen LogP contribution in [0.1, 0.15) is 17.2 Å². The van der Waals surface area contributed by atoms with Gasteiger partial charge in [0.25, 0.3) is 0 Å². The monoisotopic (exact) mass is 276 g/mol. The van der Waals surface area contributed by atoms with Crippen LogP contribution in [-0.2, 0) is 6.42 Å². The van der Waals surface area contributed by atoms with Gasteiger partial charge in [-0.15, -0.1) is 0 Å². The summed E-state index contributed by atoms with van der Waals surface area (Å²) in [5, 5.41) is 0.599. The molecule has 2 rings (SSSR count). The molecule has 19 heavy (non-hydrogen) atoms. The molecule has 0 aromatic heterocycles. The van der Waals surface area contributed by atoms with Crippen molar-refractivity contribution in [1.82, 2.24) is 5.43 Å². The van der Waals surface area contributed by atoms with Crippen molar-refractivity contribution in [2.24, 2.45) is 5.84 Å². The highest BCUT2D eigenvalue weighted by Gasteiger charge is 2.12. The van der Waals surface area contributed by atoms with Gasteiger partial charge in [0.05, 0.1) is 18.2 Å². The average Bonchev–Trinajstić information content (AvgIpc) is 2.46. The van der Waals surface area contributed by atoms with Gasteiger partial charge in [-0.2, -0.15) is 0 Å². The molecule has 0 aliphatic rings. The summed E-state index contributed by atoms with van der Waals surface area (Å²) < 4.78 is 5.23. The van der Waals surface area contributed by atoms with E-state index in [2.05, 4.69) is 17.6 Å². The first-order valence-corrected chi connectivity index (χ1v) is 6.46. The topological polar surface area (TPSA) is 47.3 Å². The molecule has 0 radical (unpaired) electrons. The van der Waals surface area contributed by atoms with E-state index in [4.69, 9.17) is 22.2 Å². The molecule has 4 heteroatoms. The Balaban J connectivity index is 2.22. The lowest BCUT2D eigenvalue weighted by Gasteiger charge is -2.17. The number of halogens is 1. The summed E-state index contributed by atoms with van der Waals surface area (Å²) in [6, 6.07) is 15.9. The summed E-state index contributed by atoms with van der Waals surface area (Å²) >= 11 is 6.03. The summed E-state index contributed by atoms with van der Waals surface area (Å²) in [5.41, 5.74) is 5.11. The van der Waals surface area contributed by atoms with Crippen LogP contribution in [0.15, 0.2) is 48.5 Å². The fourth-order valence-electron chi connectivity index (χ4n) is 2.02. The van der Waals surface area contributed by atoms with Gasteiger partial charge in [-0.3, -0.25) is 11.3 Å². The van der Waals surface area contributed by atoms with Crippen molar-refractivity contribution >= 4 is 11.6 Å². The Kier molecular flexibility index (Phi) is 4.80. The summed E-state index contributed by atoms with van der Waals surface area (Å²) in [6.07, 6.45) is 0.808. The van der Waals surface area contributed by atoms with E-state index in [1.165, 1.54) is 5.56 Å². The Morgan fingerprint density at radius 2 is 1.95 bits per heavy atom. The van der Waals surface area contributed by atoms with Gasteiger partial charge in [0.2, 0.25) is 0 Å². The predicted octanol–water partition coefficient (Wildman–Crippen LogP) is 3.10. The second-order valence-corrected chi connectivity index (χ2v) is 4.71. The third kappa shape index (κ3) is 3.47. The van der Waals surface area contributed by atoms with Crippen LogP contribution in [0.25, 0.3) is 0 Å². The van der Waals surface area contributed by atoms with Crippen LogP contribution in [0.2, 0.25) is 5.02 Å². The van der Waals surface area contributed by atoms with Crippen LogP contribution < -0.4 is 16.0 Å². The standard InChI is InChI=1S/C15H17ClN2O/c1-19-15-10-12(7-8-13(15)16)14(18-17)9-11-5-3-2-4-6-11/h2-8,10,14,18H,9,17H2,1H3. The van der Waals surface area contributed by atoms with Gasteiger partial charge in [0, 0.05) is 0 Å². The van der Waals surface area contributed by atoms with E-state index in [1.54, 1.807) is 7.11 Å². The Morgan fingerprint density at radius 1 is 1.21 bits per heavy atom. The number of benzene rings is 2. The van der Waals surface area contributed by atoms with E-state index >= 15 is 0 Å². The number of hydrogen-bond donors (Lipinski definition) is 2. The van der Waals surface area contributed by atoms with Gasteiger partial charge < -0.3 is 4.74 Å². The Morgan fingerprint density at radius 3 is 2.58 bits per heavy atom. The molecule has 2 aromatic rings. The van der Waals surface area contributed by atoms with Crippen LogP contribution in [0, 0.1) is 0 Å². The Labute approximate surface area is 118 Å². The molecule has 1 unspecified atom stereocenters. The number of methoxy groups -OCH3 is 1. The maximum absolute atomic E-state index is 6.03. The zero-order valence-electron chi connectivity index (χ0n) is 10.8. The molecule has 3 N–H and O–H groups in total. The van der Waals surface area contributed by atoms with Gasteiger partial charge >= 0.3 is 0 Å². The van der Waals surface area contributed by atoms with Crippen molar-refractivity contribution in [2.45, 2.75) is 12.5 Å². The summed E-state index contributed by atoms with van der Waals surface area (Å²) in [7, 11) is 1.60. The number of hydrogen-bond acceptors (Lipinski definition) is 3. The highest BCUT2D eigenvalue weighted by molar-refractivity contribution is 6.32. The molecule has 0 saturated heterocycles. The van der Waals surface area contributed by atoms with Crippen LogP contribution in [0.4, 0.5) is 0 Å². The van der Waals surface area contributed by atoms with Crippen molar-refractivity contribution in [1.29, 1.82) is 0 Å². The Hall–Kier alpha value is -1.55. The van der Waals surface area contributed by atoms with E-state index < -0.39 is 0 Å². The SMILES string of the molecule is COc1cc(C(Cc2ccccc2)NN)ccc1Cl. The van der Waals surface area contributed by atoms with Gasteiger partial charge in [0.1, 0.15) is 5.75 Å². The van der Waals surface area contributed by atoms with Crippen LogP contribution in [0.3, 0.4) is 0 Å². The van der Waals surface area contributed by atoms with Gasteiger partial charge in [-0.1, -0.05) is 48.0 Å². The third-order valence-electron chi connectivity index (χ3n) is 3.06. The van der Waals surface area contributed by atoms with Crippen molar-refractivity contribution in [3.63, 3.8) is 0 Å². The van der Waals surface area contributed by atoms with Gasteiger partial charge in [-0.25, -0.2) is 0 Å². The molecular weight excluding hydrogens is 260 g/mol. The van der Waals surface area contributed by atoms with E-state index in [9.17, 15) is 0 Å². The second-order valence-electron chi connectivity index (χ2n) is 4.30. The summed E-state index contributed by atoms with van der Waals surface area (Å²) in [5.74, 6) is 6.32. The molecule has 1 atom stereocenters. The predicted molar refractivity (Wildman–Crippen MR) is 78.2 cm³/mol. The highest BCUT2D eigenvalue weighted by Crippen LogP contribution is 2.28. The minimum absolute atomic E-state index is 0.0218. The molecule has 3 nitrogen and oxygen atoms in total. The summed E-state index contributed by atoms with van der Waals surface area (Å²) in [6.45, 7) is 0. The number of nitrogens with one attached hydrogen (secondary N) is 1. The fraction of sp³-hybridized carbons (Fsp3) is 0.200. The summed E-state index contributed by atoms with van der Waals surface area (Å²) in [4.78, 5) is 0. The maximum atomic E-state index is 6.03. The van der Waals surface area contributed by atoms with E-state index in [-0.39, 0.29) is 6.04 Å². The van der Waals surface area contributed by atoms with Crippen LogP contribution >= 0.6 is 11.6 Å². The molecule has 0 aliphatic carbocycles. The molecule has 0 heterocycles. The van der Waals surface area contributed by atoms with Gasteiger partial charge in [0.15, 0.2) is 0 Å². The number of hydrazine groups is 1. The lowest BCUT2D eigenvalue weighted by molar-refractivity contribution is 0.413. The Bertz CT molecular complexity index is 531. The van der Waals surface area contributed by atoms with E-state index in [0.29, 0.717) is 10.8 Å². The van der Waals surface area contributed by atoms with Gasteiger partial charge in [-0.05, 0) is 29.7 Å². The molecule has 0 fully saturated rings. The minimum atomic E-state index is 0.0218. The van der Waals surface area contributed by atoms with Crippen molar-refractivity contribution < 1.29 is 4.74 Å². The molecule has 0 amide bonds. The van der Waals surface area contributed by atoms with Crippen LogP contribution in [0.5, 0.6) is 5.75 Å². The molecule has 0 saturated carbocycles. The molecule has 0 spiro atoms. The van der Waals surface area contributed by atoms with Crippen molar-refractivity contribution in [3.8, 4) is 5.75 Å². The molecule has 0 aliphatic heterocycles. The lowest BCUT2D eigenvalue weighted by Crippen LogP contribution is -2.29. The van der Waals surface area contributed by atoms with Crippen LogP contribution in [-0.4, -0.2) is 7.11 Å². The van der Waals surface area contributed by atoms with E-state index in [0.717, 1.165) is 12.0 Å². The molecule has 2 aromatic carbocycles. The average molecular weight is 277 g/mol. The fourth-order valence-corrected chi connectivity index (χ4v) is 2.21. The normalized spacial score (nSPS) is 12.2. The quantitative estimate of drug-likeness (QED) is 0.652. The second kappa shape index (κ2) is 6.57. The minimum Gasteiger partial charge on any atom is -0.495 e. The molecule has 100 valence electrons. The smallest absolute Gasteiger partial charge is 0.137 e. The number of ether oxygens (including phenoxy) is 1. The van der Waals surface area contributed by atoms with E-state index in [1.807, 2.05) is 36.4 Å².